The second-order valence-electron chi connectivity index (χ2n) is 4.67. The van der Waals surface area contributed by atoms with Crippen molar-refractivity contribution < 1.29 is 0 Å². The molecule has 0 unspecified atom stereocenters. The minimum Gasteiger partial charge on any atom is -0.393 e. The zero-order valence-electron chi connectivity index (χ0n) is 11.1. The van der Waals surface area contributed by atoms with Gasteiger partial charge in [-0.1, -0.05) is 18.3 Å². The number of aryl methyl sites for hydroxylation is 1. The van der Waals surface area contributed by atoms with Gasteiger partial charge in [0.15, 0.2) is 0 Å². The van der Waals surface area contributed by atoms with E-state index in [2.05, 4.69) is 9.38 Å². The first-order valence-corrected chi connectivity index (χ1v) is 6.73. The maximum atomic E-state index is 5.74. The maximum absolute atomic E-state index is 5.74. The molecule has 3 rings (SSSR count). The lowest BCUT2D eigenvalue weighted by Gasteiger charge is -2.04. The van der Waals surface area contributed by atoms with Crippen LogP contribution in [0.3, 0.4) is 0 Å². The molecular weight excluding hydrogens is 268 g/mol. The first-order chi connectivity index (χ1) is 9.66. The first kappa shape index (κ1) is 12.7. The van der Waals surface area contributed by atoms with Crippen LogP contribution < -0.4 is 5.73 Å². The third-order valence-electron chi connectivity index (χ3n) is 3.24. The van der Waals surface area contributed by atoms with Gasteiger partial charge in [0.2, 0.25) is 0 Å². The fraction of sp³-hybridized carbons (Fsp3) is 0.133. The van der Waals surface area contributed by atoms with E-state index < -0.39 is 0 Å². The third-order valence-corrected chi connectivity index (χ3v) is 3.38. The topological polar surface area (TPSA) is 56.2 Å². The fourth-order valence-electron chi connectivity index (χ4n) is 2.33. The minimum absolute atomic E-state index is 0.462. The van der Waals surface area contributed by atoms with Crippen molar-refractivity contribution in [3.05, 3.63) is 54.1 Å². The second-order valence-corrected chi connectivity index (χ2v) is 5.20. The van der Waals surface area contributed by atoms with Gasteiger partial charge in [0.1, 0.15) is 5.65 Å². The van der Waals surface area contributed by atoms with Crippen LogP contribution >= 0.6 is 12.2 Å². The van der Waals surface area contributed by atoms with E-state index in [0.29, 0.717) is 11.4 Å². The molecule has 0 aliphatic heterocycles. The molecule has 20 heavy (non-hydrogen) atoms. The Morgan fingerprint density at radius 3 is 2.75 bits per heavy atom. The Morgan fingerprint density at radius 1 is 1.30 bits per heavy atom. The molecule has 100 valence electrons. The molecule has 3 aromatic rings. The van der Waals surface area contributed by atoms with Crippen LogP contribution in [0.25, 0.3) is 16.9 Å². The summed E-state index contributed by atoms with van der Waals surface area (Å²) in [4.78, 5) is 9.27. The zero-order valence-corrected chi connectivity index (χ0v) is 11.9. The number of rotatable bonds is 3. The Morgan fingerprint density at radius 2 is 2.05 bits per heavy atom. The quantitative estimate of drug-likeness (QED) is 0.750. The van der Waals surface area contributed by atoms with Crippen molar-refractivity contribution in [2.24, 2.45) is 5.73 Å². The van der Waals surface area contributed by atoms with Gasteiger partial charge in [0.05, 0.1) is 16.4 Å². The van der Waals surface area contributed by atoms with Gasteiger partial charge in [-0.2, -0.15) is 0 Å². The molecule has 5 heteroatoms. The molecule has 0 aromatic carbocycles. The highest BCUT2D eigenvalue weighted by atomic mass is 32.1. The predicted molar refractivity (Wildman–Crippen MR) is 83.6 cm³/mol. The summed E-state index contributed by atoms with van der Waals surface area (Å²) in [5.74, 6) is 0. The Bertz CT molecular complexity index is 777. The number of hydrogen-bond acceptors (Lipinski definition) is 3. The van der Waals surface area contributed by atoms with Crippen molar-refractivity contribution in [2.75, 3.05) is 0 Å². The van der Waals surface area contributed by atoms with Gasteiger partial charge in [0.25, 0.3) is 0 Å². The van der Waals surface area contributed by atoms with Gasteiger partial charge in [-0.3, -0.25) is 4.98 Å². The smallest absolute Gasteiger partial charge is 0.140 e. The Kier molecular flexibility index (Phi) is 3.20. The highest BCUT2D eigenvalue weighted by Crippen LogP contribution is 2.25. The monoisotopic (exact) mass is 282 g/mol. The van der Waals surface area contributed by atoms with E-state index in [1.807, 2.05) is 37.4 Å². The lowest BCUT2D eigenvalue weighted by molar-refractivity contribution is 1.06. The summed E-state index contributed by atoms with van der Waals surface area (Å²) in [5.41, 5.74) is 10.7. The molecule has 0 saturated heterocycles. The predicted octanol–water partition coefficient (Wildman–Crippen LogP) is 2.53. The van der Waals surface area contributed by atoms with Crippen LogP contribution in [-0.4, -0.2) is 19.4 Å². The molecule has 0 saturated carbocycles. The zero-order chi connectivity index (χ0) is 14.1. The van der Waals surface area contributed by atoms with Crippen LogP contribution in [0.15, 0.2) is 42.9 Å². The van der Waals surface area contributed by atoms with Crippen molar-refractivity contribution in [3.8, 4) is 11.3 Å². The van der Waals surface area contributed by atoms with Crippen molar-refractivity contribution in [2.45, 2.75) is 13.3 Å². The van der Waals surface area contributed by atoms with Crippen LogP contribution in [0.2, 0.25) is 0 Å². The molecule has 0 bridgehead atoms. The average Bonchev–Trinajstić information content (AvgIpc) is 2.80. The van der Waals surface area contributed by atoms with Crippen LogP contribution in [-0.2, 0) is 6.42 Å². The normalized spacial score (nSPS) is 10.8. The lowest BCUT2D eigenvalue weighted by atomic mass is 10.1. The molecule has 0 aliphatic rings. The van der Waals surface area contributed by atoms with Gasteiger partial charge in [0, 0.05) is 30.6 Å². The molecule has 4 nitrogen and oxygen atoms in total. The van der Waals surface area contributed by atoms with E-state index in [1.54, 1.807) is 12.4 Å². The molecule has 0 aliphatic carbocycles. The van der Waals surface area contributed by atoms with Crippen molar-refractivity contribution in [1.82, 2.24) is 14.4 Å². The number of hydrogen-bond donors (Lipinski definition) is 1. The molecule has 2 N–H and O–H groups in total. The van der Waals surface area contributed by atoms with E-state index in [9.17, 15) is 0 Å². The number of imidazole rings is 1. The van der Waals surface area contributed by atoms with E-state index in [4.69, 9.17) is 22.9 Å². The van der Waals surface area contributed by atoms with Gasteiger partial charge >= 0.3 is 0 Å². The molecular formula is C15H14N4S. The van der Waals surface area contributed by atoms with Gasteiger partial charge < -0.3 is 10.1 Å². The number of fused-ring (bicyclic) bond motifs is 1. The summed E-state index contributed by atoms with van der Waals surface area (Å²) in [6.07, 6.45) is 6.04. The van der Waals surface area contributed by atoms with E-state index in [-0.39, 0.29) is 0 Å². The van der Waals surface area contributed by atoms with E-state index >= 15 is 0 Å². The van der Waals surface area contributed by atoms with Crippen LogP contribution in [0.4, 0.5) is 0 Å². The van der Waals surface area contributed by atoms with Gasteiger partial charge in [-0.25, -0.2) is 4.98 Å². The maximum Gasteiger partial charge on any atom is 0.140 e. The first-order valence-electron chi connectivity index (χ1n) is 6.32. The number of nitrogens with zero attached hydrogens (tertiary/aromatic N) is 3. The lowest BCUT2D eigenvalue weighted by Crippen LogP contribution is -2.13. The molecule has 0 radical (unpaired) electrons. The molecule has 0 spiro atoms. The summed E-state index contributed by atoms with van der Waals surface area (Å²) in [7, 11) is 0. The van der Waals surface area contributed by atoms with Crippen molar-refractivity contribution in [3.63, 3.8) is 0 Å². The molecule has 0 fully saturated rings. The highest BCUT2D eigenvalue weighted by Gasteiger charge is 2.15. The Hall–Kier alpha value is -2.27. The Labute approximate surface area is 122 Å². The van der Waals surface area contributed by atoms with Gasteiger partial charge in [-0.15, -0.1) is 0 Å². The Balaban J connectivity index is 2.30. The van der Waals surface area contributed by atoms with Crippen LogP contribution in [0.5, 0.6) is 0 Å². The van der Waals surface area contributed by atoms with Crippen LogP contribution in [0.1, 0.15) is 11.3 Å². The summed E-state index contributed by atoms with van der Waals surface area (Å²) >= 11 is 5.07. The standard InChI is InChI=1S/C15H14N4S/c1-10-3-2-8-19-12(9-13(16)20)14(18-15(10)19)11-4-6-17-7-5-11/h2-8H,9H2,1H3,(H2,16,20). The van der Waals surface area contributed by atoms with Gasteiger partial charge in [-0.05, 0) is 30.7 Å². The fourth-order valence-corrected chi connectivity index (χ4v) is 2.46. The minimum atomic E-state index is 0.462. The number of aromatic nitrogens is 3. The second kappa shape index (κ2) is 5.02. The molecule has 3 aromatic heterocycles. The molecule has 0 amide bonds. The molecule has 0 atom stereocenters. The average molecular weight is 282 g/mol. The highest BCUT2D eigenvalue weighted by molar-refractivity contribution is 7.80. The summed E-state index contributed by atoms with van der Waals surface area (Å²) in [5, 5.41) is 0. The SMILES string of the molecule is Cc1cccn2c(CC(N)=S)c(-c3ccncc3)nc12. The number of pyridine rings is 2. The summed E-state index contributed by atoms with van der Waals surface area (Å²) in [6.45, 7) is 2.04. The summed E-state index contributed by atoms with van der Waals surface area (Å²) in [6, 6.07) is 7.94. The largest absolute Gasteiger partial charge is 0.393 e. The van der Waals surface area contributed by atoms with E-state index in [1.165, 1.54) is 0 Å². The number of thiocarbonyl (C=S) groups is 1. The number of nitrogens with two attached hydrogens (primary N) is 1. The third kappa shape index (κ3) is 2.16. The van der Waals surface area contributed by atoms with Crippen LogP contribution in [0, 0.1) is 6.92 Å². The summed E-state index contributed by atoms with van der Waals surface area (Å²) < 4.78 is 2.06. The molecule has 3 heterocycles. The van der Waals surface area contributed by atoms with E-state index in [0.717, 1.165) is 28.2 Å². The van der Waals surface area contributed by atoms with Crippen molar-refractivity contribution >= 4 is 22.9 Å². The van der Waals surface area contributed by atoms with Crippen molar-refractivity contribution in [1.29, 1.82) is 0 Å².